The number of hydrogen-bond donors (Lipinski definition) is 1. The predicted molar refractivity (Wildman–Crippen MR) is 79.1 cm³/mol. The topological polar surface area (TPSA) is 59.8 Å². The van der Waals surface area contributed by atoms with Gasteiger partial charge in [-0.3, -0.25) is 9.36 Å². The Morgan fingerprint density at radius 2 is 2.13 bits per heavy atom. The number of nitrogens with zero attached hydrogens (tertiary/aromatic N) is 3. The van der Waals surface area contributed by atoms with E-state index in [2.05, 4.69) is 15.5 Å². The summed E-state index contributed by atoms with van der Waals surface area (Å²) in [6, 6.07) is 7.45. The van der Waals surface area contributed by atoms with Gasteiger partial charge in [0.25, 0.3) is 0 Å². The zero-order valence-electron chi connectivity index (χ0n) is 11.9. The van der Waals surface area contributed by atoms with Gasteiger partial charge in [-0.05, 0) is 24.5 Å². The third-order valence-electron chi connectivity index (χ3n) is 3.42. The summed E-state index contributed by atoms with van der Waals surface area (Å²) in [6.07, 6.45) is -2.15. The van der Waals surface area contributed by atoms with Crippen molar-refractivity contribution < 1.29 is 18.0 Å². The first-order valence-corrected chi connectivity index (χ1v) is 7.80. The van der Waals surface area contributed by atoms with Crippen molar-refractivity contribution >= 4 is 23.4 Å². The number of halogens is 3. The lowest BCUT2D eigenvalue weighted by molar-refractivity contribution is -0.142. The van der Waals surface area contributed by atoms with Gasteiger partial charge in [-0.15, -0.1) is 10.2 Å². The third-order valence-corrected chi connectivity index (χ3v) is 4.68. The van der Waals surface area contributed by atoms with Gasteiger partial charge in [-0.2, -0.15) is 13.2 Å². The van der Waals surface area contributed by atoms with Crippen molar-refractivity contribution in [2.45, 2.75) is 36.0 Å². The van der Waals surface area contributed by atoms with Crippen LogP contribution >= 0.6 is 11.8 Å². The highest BCUT2D eigenvalue weighted by Crippen LogP contribution is 2.31. The first-order valence-electron chi connectivity index (χ1n) is 6.92. The van der Waals surface area contributed by atoms with E-state index in [1.807, 2.05) is 24.3 Å². The molecule has 2 heterocycles. The van der Waals surface area contributed by atoms with Gasteiger partial charge in [-0.1, -0.05) is 30.0 Å². The average molecular weight is 342 g/mol. The van der Waals surface area contributed by atoms with Gasteiger partial charge in [0.1, 0.15) is 12.9 Å². The number of para-hydroxylation sites is 1. The minimum absolute atomic E-state index is 0.0911. The standard InChI is InChI=1S/C14H13F3N4OS/c15-14(16,17)7-21-8-18-20-13(21)23-11-6-5-9-3-1-2-4-10(9)19-12(11)22/h1-4,8,11H,5-7H2,(H,19,22)/t11-/m0/s1. The fraction of sp³-hybridized carbons (Fsp3) is 0.357. The number of amides is 1. The highest BCUT2D eigenvalue weighted by atomic mass is 32.2. The minimum atomic E-state index is -4.36. The SMILES string of the molecule is O=C1Nc2ccccc2CC[C@@H]1Sc1nncn1CC(F)(F)F. The second-order valence-corrected chi connectivity index (χ2v) is 6.32. The quantitative estimate of drug-likeness (QED) is 0.932. The molecule has 0 radical (unpaired) electrons. The minimum Gasteiger partial charge on any atom is -0.325 e. The summed E-state index contributed by atoms with van der Waals surface area (Å²) >= 11 is 1.01. The number of aryl methyl sites for hydroxylation is 1. The normalized spacial score (nSPS) is 18.2. The molecule has 5 nitrogen and oxygen atoms in total. The Kier molecular flexibility index (Phi) is 4.29. The van der Waals surface area contributed by atoms with Crippen molar-refractivity contribution in [3.05, 3.63) is 36.2 Å². The van der Waals surface area contributed by atoms with Crippen LogP contribution in [0, 0.1) is 0 Å². The maximum absolute atomic E-state index is 12.5. The molecule has 1 aromatic heterocycles. The second kappa shape index (κ2) is 6.23. The fourth-order valence-electron chi connectivity index (χ4n) is 2.37. The highest BCUT2D eigenvalue weighted by molar-refractivity contribution is 8.00. The number of thioether (sulfide) groups is 1. The number of carbonyl (C=O) groups is 1. The Morgan fingerprint density at radius 1 is 1.35 bits per heavy atom. The summed E-state index contributed by atoms with van der Waals surface area (Å²) in [5, 5.41) is 9.61. The van der Waals surface area contributed by atoms with Crippen LogP contribution in [-0.2, 0) is 17.8 Å². The van der Waals surface area contributed by atoms with Crippen LogP contribution in [0.2, 0.25) is 0 Å². The Morgan fingerprint density at radius 3 is 2.91 bits per heavy atom. The number of aromatic nitrogens is 3. The molecule has 1 aliphatic rings. The molecule has 0 saturated heterocycles. The second-order valence-electron chi connectivity index (χ2n) is 5.15. The zero-order valence-corrected chi connectivity index (χ0v) is 12.7. The molecule has 0 spiro atoms. The Bertz CT molecular complexity index is 716. The lowest BCUT2D eigenvalue weighted by Gasteiger charge is -2.14. The average Bonchev–Trinajstić information content (AvgIpc) is 2.82. The molecule has 1 amide bonds. The number of fused-ring (bicyclic) bond motifs is 1. The molecule has 3 rings (SSSR count). The van der Waals surface area contributed by atoms with E-state index < -0.39 is 18.0 Å². The zero-order chi connectivity index (χ0) is 16.4. The number of benzene rings is 1. The number of carbonyl (C=O) groups excluding carboxylic acids is 1. The lowest BCUT2D eigenvalue weighted by Crippen LogP contribution is -2.25. The first kappa shape index (κ1) is 15.9. The van der Waals surface area contributed by atoms with Gasteiger partial charge in [0.05, 0.1) is 5.25 Å². The van der Waals surface area contributed by atoms with E-state index in [1.54, 1.807) is 0 Å². The molecule has 0 aliphatic carbocycles. The Balaban J connectivity index is 1.75. The summed E-state index contributed by atoms with van der Waals surface area (Å²) in [7, 11) is 0. The van der Waals surface area contributed by atoms with Gasteiger partial charge in [0.15, 0.2) is 5.16 Å². The molecule has 0 saturated carbocycles. The van der Waals surface area contributed by atoms with Crippen LogP contribution in [0.5, 0.6) is 0 Å². The maximum Gasteiger partial charge on any atom is 0.406 e. The molecule has 1 aromatic carbocycles. The van der Waals surface area contributed by atoms with Crippen molar-refractivity contribution in [3.63, 3.8) is 0 Å². The van der Waals surface area contributed by atoms with Crippen LogP contribution in [-0.4, -0.2) is 32.1 Å². The molecule has 0 unspecified atom stereocenters. The molecule has 1 aliphatic heterocycles. The van der Waals surface area contributed by atoms with Crippen molar-refractivity contribution in [3.8, 4) is 0 Å². The summed E-state index contributed by atoms with van der Waals surface area (Å²) in [5.41, 5.74) is 1.76. The van der Waals surface area contributed by atoms with Crippen molar-refractivity contribution in [2.75, 3.05) is 5.32 Å². The van der Waals surface area contributed by atoms with Crippen LogP contribution in [0.4, 0.5) is 18.9 Å². The fourth-order valence-corrected chi connectivity index (χ4v) is 3.37. The summed E-state index contributed by atoms with van der Waals surface area (Å²) in [6.45, 7) is -1.17. The Hall–Kier alpha value is -2.03. The highest BCUT2D eigenvalue weighted by Gasteiger charge is 2.31. The lowest BCUT2D eigenvalue weighted by atomic mass is 10.1. The van der Waals surface area contributed by atoms with Gasteiger partial charge < -0.3 is 5.32 Å². The van der Waals surface area contributed by atoms with E-state index in [-0.39, 0.29) is 11.1 Å². The number of anilines is 1. The van der Waals surface area contributed by atoms with Crippen LogP contribution in [0.1, 0.15) is 12.0 Å². The monoisotopic (exact) mass is 342 g/mol. The van der Waals surface area contributed by atoms with Gasteiger partial charge in [-0.25, -0.2) is 0 Å². The van der Waals surface area contributed by atoms with Gasteiger partial charge in [0.2, 0.25) is 5.91 Å². The van der Waals surface area contributed by atoms with E-state index >= 15 is 0 Å². The van der Waals surface area contributed by atoms with E-state index in [0.717, 1.165) is 33.9 Å². The predicted octanol–water partition coefficient (Wildman–Crippen LogP) is 2.89. The maximum atomic E-state index is 12.5. The number of hydrogen-bond acceptors (Lipinski definition) is 4. The Labute approximate surface area is 134 Å². The molecule has 1 N–H and O–H groups in total. The van der Waals surface area contributed by atoms with Crippen molar-refractivity contribution in [2.24, 2.45) is 0 Å². The molecular formula is C14H13F3N4OS. The van der Waals surface area contributed by atoms with Crippen LogP contribution < -0.4 is 5.32 Å². The van der Waals surface area contributed by atoms with Crippen LogP contribution in [0.3, 0.4) is 0 Å². The third kappa shape index (κ3) is 3.84. The number of alkyl halides is 3. The van der Waals surface area contributed by atoms with Crippen LogP contribution in [0.15, 0.2) is 35.7 Å². The summed E-state index contributed by atoms with van der Waals surface area (Å²) < 4.78 is 38.5. The van der Waals surface area contributed by atoms with E-state index in [1.165, 1.54) is 0 Å². The molecule has 0 fully saturated rings. The van der Waals surface area contributed by atoms with Gasteiger partial charge in [0, 0.05) is 5.69 Å². The molecular weight excluding hydrogens is 329 g/mol. The first-order chi connectivity index (χ1) is 10.9. The number of nitrogens with one attached hydrogen (secondary N) is 1. The molecule has 23 heavy (non-hydrogen) atoms. The molecule has 1 atom stereocenters. The molecule has 122 valence electrons. The van der Waals surface area contributed by atoms with E-state index in [4.69, 9.17) is 0 Å². The van der Waals surface area contributed by atoms with E-state index in [0.29, 0.717) is 12.8 Å². The van der Waals surface area contributed by atoms with Crippen LogP contribution in [0.25, 0.3) is 0 Å². The van der Waals surface area contributed by atoms with Crippen molar-refractivity contribution in [1.82, 2.24) is 14.8 Å². The summed E-state index contributed by atoms with van der Waals surface area (Å²) in [4.78, 5) is 12.3. The summed E-state index contributed by atoms with van der Waals surface area (Å²) in [5.74, 6) is -0.235. The molecule has 2 aromatic rings. The van der Waals surface area contributed by atoms with Crippen molar-refractivity contribution in [1.29, 1.82) is 0 Å². The number of rotatable bonds is 3. The smallest absolute Gasteiger partial charge is 0.325 e. The molecule has 0 bridgehead atoms. The van der Waals surface area contributed by atoms with E-state index in [9.17, 15) is 18.0 Å². The largest absolute Gasteiger partial charge is 0.406 e. The molecule has 9 heteroatoms. The van der Waals surface area contributed by atoms with Gasteiger partial charge >= 0.3 is 6.18 Å².